The minimum atomic E-state index is 0. The molecule has 0 radical (unpaired) electrons. The summed E-state index contributed by atoms with van der Waals surface area (Å²) in [5.74, 6) is 2.06. The van der Waals surface area contributed by atoms with Gasteiger partial charge in [-0.2, -0.15) is 0 Å². The lowest BCUT2D eigenvalue weighted by molar-refractivity contribution is 0.314. The number of nitrogens with one attached hydrogen (secondary N) is 1. The highest BCUT2D eigenvalue weighted by Crippen LogP contribution is 2.20. The van der Waals surface area contributed by atoms with Crippen molar-refractivity contribution in [3.63, 3.8) is 0 Å². The van der Waals surface area contributed by atoms with Crippen LogP contribution in [0.5, 0.6) is 11.5 Å². The molecular weight excluding hydrogens is 453 g/mol. The first-order valence-electron chi connectivity index (χ1n) is 8.57. The van der Waals surface area contributed by atoms with E-state index in [1.807, 2.05) is 42.5 Å². The lowest BCUT2D eigenvalue weighted by Crippen LogP contribution is -2.23. The first-order chi connectivity index (χ1) is 12.7. The van der Waals surface area contributed by atoms with E-state index >= 15 is 0 Å². The van der Waals surface area contributed by atoms with E-state index in [1.54, 1.807) is 7.11 Å². The molecule has 0 aliphatic rings. The van der Waals surface area contributed by atoms with Crippen LogP contribution in [0.3, 0.4) is 0 Å². The molecule has 0 aliphatic carbocycles. The van der Waals surface area contributed by atoms with Gasteiger partial charge in [-0.05, 0) is 47.2 Å². The van der Waals surface area contributed by atoms with E-state index in [2.05, 4.69) is 34.6 Å². The first kappa shape index (κ1) is 20.8. The molecule has 0 atom stereocenters. The Morgan fingerprint density at radius 3 is 2.41 bits per heavy atom. The van der Waals surface area contributed by atoms with Gasteiger partial charge in [0.25, 0.3) is 0 Å². The van der Waals surface area contributed by atoms with E-state index in [9.17, 15) is 0 Å². The van der Waals surface area contributed by atoms with Crippen molar-refractivity contribution in [2.45, 2.75) is 6.42 Å². The number of hydrogen-bond acceptors (Lipinski definition) is 3. The van der Waals surface area contributed by atoms with Crippen molar-refractivity contribution in [3.05, 3.63) is 66.7 Å². The number of ether oxygens (including phenoxy) is 2. The summed E-state index contributed by atoms with van der Waals surface area (Å²) in [6.45, 7) is 1.19. The predicted octanol–water partition coefficient (Wildman–Crippen LogP) is 4.66. The molecule has 142 valence electrons. The number of rotatable bonds is 7. The molecule has 5 nitrogen and oxygen atoms in total. The molecule has 0 spiro atoms. The molecule has 3 aromatic carbocycles. The molecule has 6 heteroatoms. The van der Waals surface area contributed by atoms with Crippen molar-refractivity contribution in [3.8, 4) is 11.5 Å². The Morgan fingerprint density at radius 2 is 1.67 bits per heavy atom. The van der Waals surface area contributed by atoms with E-state index in [4.69, 9.17) is 15.2 Å². The Balaban J connectivity index is 0.00000261. The third kappa shape index (κ3) is 6.32. The third-order valence-electron chi connectivity index (χ3n) is 3.94. The van der Waals surface area contributed by atoms with Crippen molar-refractivity contribution in [2.75, 3.05) is 25.6 Å². The summed E-state index contributed by atoms with van der Waals surface area (Å²) in [5, 5.41) is 5.44. The van der Waals surface area contributed by atoms with Crippen LogP contribution in [0.25, 0.3) is 10.8 Å². The zero-order valence-electron chi connectivity index (χ0n) is 15.2. The van der Waals surface area contributed by atoms with Crippen molar-refractivity contribution in [1.29, 1.82) is 0 Å². The normalized spacial score (nSPS) is 10.9. The summed E-state index contributed by atoms with van der Waals surface area (Å²) in [6.07, 6.45) is 0.790. The zero-order chi connectivity index (χ0) is 18.2. The summed E-state index contributed by atoms with van der Waals surface area (Å²) < 4.78 is 10.9. The Morgan fingerprint density at radius 1 is 0.963 bits per heavy atom. The van der Waals surface area contributed by atoms with Crippen LogP contribution in [0.15, 0.2) is 71.7 Å². The fourth-order valence-corrected chi connectivity index (χ4v) is 2.57. The molecule has 0 fully saturated rings. The monoisotopic (exact) mass is 477 g/mol. The van der Waals surface area contributed by atoms with Crippen LogP contribution >= 0.6 is 24.0 Å². The molecule has 0 unspecified atom stereocenters. The van der Waals surface area contributed by atoms with Crippen molar-refractivity contribution < 1.29 is 9.47 Å². The summed E-state index contributed by atoms with van der Waals surface area (Å²) in [7, 11) is 1.64. The largest absolute Gasteiger partial charge is 0.497 e. The van der Waals surface area contributed by atoms with Gasteiger partial charge in [0.2, 0.25) is 0 Å². The van der Waals surface area contributed by atoms with Gasteiger partial charge in [-0.1, -0.05) is 30.3 Å². The number of halogens is 1. The average Bonchev–Trinajstić information content (AvgIpc) is 2.68. The highest BCUT2D eigenvalue weighted by atomic mass is 127. The Bertz CT molecular complexity index is 882. The quantitative estimate of drug-likeness (QED) is 0.225. The molecule has 27 heavy (non-hydrogen) atoms. The molecule has 0 amide bonds. The van der Waals surface area contributed by atoms with Crippen LogP contribution in [-0.2, 0) is 0 Å². The number of nitrogens with zero attached hydrogens (tertiary/aromatic N) is 1. The minimum Gasteiger partial charge on any atom is -0.497 e. The SMILES string of the molecule is COc1ccc(NC(N)=NCCCOc2ccc3ccccc3c2)cc1.I. The van der Waals surface area contributed by atoms with Gasteiger partial charge in [-0.15, -0.1) is 24.0 Å². The summed E-state index contributed by atoms with van der Waals surface area (Å²) in [6, 6.07) is 21.9. The number of benzene rings is 3. The lowest BCUT2D eigenvalue weighted by Gasteiger charge is -2.08. The fourth-order valence-electron chi connectivity index (χ4n) is 2.57. The molecule has 0 bridgehead atoms. The standard InChI is InChI=1S/C21H23N3O2.HI/c1-25-19-11-8-18(9-12-19)24-21(22)23-13-4-14-26-20-10-7-16-5-2-3-6-17(16)15-20;/h2-3,5-12,15H,4,13-14H2,1H3,(H3,22,23,24);1H. The molecule has 0 aliphatic heterocycles. The topological polar surface area (TPSA) is 68.9 Å². The Labute approximate surface area is 176 Å². The van der Waals surface area contributed by atoms with Crippen LogP contribution in [0.4, 0.5) is 5.69 Å². The zero-order valence-corrected chi connectivity index (χ0v) is 17.6. The number of hydrogen-bond donors (Lipinski definition) is 2. The van der Waals surface area contributed by atoms with Crippen molar-refractivity contribution in [2.24, 2.45) is 10.7 Å². The van der Waals surface area contributed by atoms with Crippen LogP contribution < -0.4 is 20.5 Å². The lowest BCUT2D eigenvalue weighted by atomic mass is 10.1. The number of methoxy groups -OCH3 is 1. The first-order valence-corrected chi connectivity index (χ1v) is 8.57. The molecule has 0 saturated heterocycles. The van der Waals surface area contributed by atoms with Gasteiger partial charge >= 0.3 is 0 Å². The highest BCUT2D eigenvalue weighted by molar-refractivity contribution is 14.0. The van der Waals surface area contributed by atoms with Gasteiger partial charge in [0.05, 0.1) is 13.7 Å². The van der Waals surface area contributed by atoms with Crippen LogP contribution in [0.1, 0.15) is 6.42 Å². The van der Waals surface area contributed by atoms with Gasteiger partial charge in [0.15, 0.2) is 5.96 Å². The molecule has 3 rings (SSSR count). The Kier molecular flexibility index (Phi) is 8.19. The van der Waals surface area contributed by atoms with E-state index < -0.39 is 0 Å². The molecule has 0 saturated carbocycles. The maximum Gasteiger partial charge on any atom is 0.193 e. The smallest absolute Gasteiger partial charge is 0.193 e. The van der Waals surface area contributed by atoms with Crippen molar-refractivity contribution >= 4 is 46.4 Å². The van der Waals surface area contributed by atoms with E-state index in [1.165, 1.54) is 10.8 Å². The van der Waals surface area contributed by atoms with Crippen LogP contribution in [-0.4, -0.2) is 26.2 Å². The molecule has 3 aromatic rings. The van der Waals surface area contributed by atoms with E-state index in [-0.39, 0.29) is 24.0 Å². The second kappa shape index (κ2) is 10.6. The van der Waals surface area contributed by atoms with Gasteiger partial charge < -0.3 is 20.5 Å². The number of aliphatic imine (C=N–C) groups is 1. The summed E-state index contributed by atoms with van der Waals surface area (Å²) >= 11 is 0. The number of nitrogens with two attached hydrogens (primary N) is 1. The molecule has 0 heterocycles. The molecule has 3 N–H and O–H groups in total. The van der Waals surface area contributed by atoms with E-state index in [0.717, 1.165) is 23.6 Å². The summed E-state index contributed by atoms with van der Waals surface area (Å²) in [5.41, 5.74) is 6.77. The van der Waals surface area contributed by atoms with Crippen LogP contribution in [0, 0.1) is 0 Å². The Hall–Kier alpha value is -2.48. The fraction of sp³-hybridized carbons (Fsp3) is 0.190. The maximum absolute atomic E-state index is 5.90. The number of guanidine groups is 1. The maximum atomic E-state index is 5.90. The number of anilines is 1. The van der Waals surface area contributed by atoms with Gasteiger partial charge in [-0.25, -0.2) is 0 Å². The summed E-state index contributed by atoms with van der Waals surface area (Å²) in [4.78, 5) is 4.32. The minimum absolute atomic E-state index is 0. The molecule has 0 aromatic heterocycles. The number of fused-ring (bicyclic) bond motifs is 1. The van der Waals surface area contributed by atoms with Gasteiger partial charge in [0.1, 0.15) is 11.5 Å². The second-order valence-corrected chi connectivity index (χ2v) is 5.83. The van der Waals surface area contributed by atoms with Gasteiger partial charge in [-0.3, -0.25) is 4.99 Å². The molecular formula is C21H24IN3O2. The van der Waals surface area contributed by atoms with Crippen LogP contribution in [0.2, 0.25) is 0 Å². The van der Waals surface area contributed by atoms with E-state index in [0.29, 0.717) is 19.1 Å². The van der Waals surface area contributed by atoms with Gasteiger partial charge in [0, 0.05) is 18.7 Å². The average molecular weight is 477 g/mol. The predicted molar refractivity (Wildman–Crippen MR) is 123 cm³/mol. The highest BCUT2D eigenvalue weighted by Gasteiger charge is 1.98. The second-order valence-electron chi connectivity index (χ2n) is 5.83. The third-order valence-corrected chi connectivity index (χ3v) is 3.94. The van der Waals surface area contributed by atoms with Crippen molar-refractivity contribution in [1.82, 2.24) is 0 Å².